The second-order valence-corrected chi connectivity index (χ2v) is 7.14. The summed E-state index contributed by atoms with van der Waals surface area (Å²) >= 11 is 0. The van der Waals surface area contributed by atoms with Gasteiger partial charge in [0.05, 0.1) is 0 Å². The van der Waals surface area contributed by atoms with Gasteiger partial charge in [0.1, 0.15) is 0 Å². The molecule has 2 aliphatic carbocycles. The van der Waals surface area contributed by atoms with Crippen LogP contribution in [0.15, 0.2) is 0 Å². The van der Waals surface area contributed by atoms with Crippen LogP contribution in [0.4, 0.5) is 0 Å². The van der Waals surface area contributed by atoms with E-state index in [0.29, 0.717) is 24.3 Å². The highest BCUT2D eigenvalue weighted by molar-refractivity contribution is 5.76. The van der Waals surface area contributed by atoms with Crippen LogP contribution in [0.1, 0.15) is 58.8 Å². The van der Waals surface area contributed by atoms with Gasteiger partial charge in [0.25, 0.3) is 0 Å². The van der Waals surface area contributed by atoms with E-state index in [1.165, 1.54) is 25.7 Å². The normalized spacial score (nSPS) is 28.7. The SMILES string of the molecule is CC1(C)CC1CNC(=O)CC1(CN)CCCCC1. The van der Waals surface area contributed by atoms with Crippen LogP contribution in [-0.4, -0.2) is 19.0 Å². The molecule has 2 fully saturated rings. The van der Waals surface area contributed by atoms with E-state index < -0.39 is 0 Å². The Morgan fingerprint density at radius 2 is 1.89 bits per heavy atom. The average molecular weight is 252 g/mol. The summed E-state index contributed by atoms with van der Waals surface area (Å²) in [6.07, 6.45) is 7.92. The Kier molecular flexibility index (Phi) is 4.00. The van der Waals surface area contributed by atoms with Crippen molar-refractivity contribution in [2.75, 3.05) is 13.1 Å². The number of nitrogens with one attached hydrogen (secondary N) is 1. The fourth-order valence-electron chi connectivity index (χ4n) is 3.32. The van der Waals surface area contributed by atoms with E-state index in [1.807, 2.05) is 0 Å². The van der Waals surface area contributed by atoms with Gasteiger partial charge in [0.15, 0.2) is 0 Å². The summed E-state index contributed by atoms with van der Waals surface area (Å²) in [6, 6.07) is 0. The van der Waals surface area contributed by atoms with Crippen molar-refractivity contribution in [3.05, 3.63) is 0 Å². The van der Waals surface area contributed by atoms with Crippen molar-refractivity contribution in [1.82, 2.24) is 5.32 Å². The van der Waals surface area contributed by atoms with E-state index in [0.717, 1.165) is 19.4 Å². The molecule has 0 aromatic heterocycles. The molecule has 2 saturated carbocycles. The fourth-order valence-corrected chi connectivity index (χ4v) is 3.32. The van der Waals surface area contributed by atoms with Gasteiger partial charge in [-0.25, -0.2) is 0 Å². The first-order valence-corrected chi connectivity index (χ1v) is 7.44. The highest BCUT2D eigenvalue weighted by atomic mass is 16.1. The summed E-state index contributed by atoms with van der Waals surface area (Å²) in [6.45, 7) is 6.06. The molecule has 3 heteroatoms. The third kappa shape index (κ3) is 3.25. The minimum absolute atomic E-state index is 0.0986. The monoisotopic (exact) mass is 252 g/mol. The van der Waals surface area contributed by atoms with Crippen LogP contribution in [0.2, 0.25) is 0 Å². The van der Waals surface area contributed by atoms with Crippen LogP contribution in [0.5, 0.6) is 0 Å². The summed E-state index contributed by atoms with van der Waals surface area (Å²) < 4.78 is 0. The van der Waals surface area contributed by atoms with Crippen molar-refractivity contribution in [1.29, 1.82) is 0 Å². The molecule has 1 unspecified atom stereocenters. The van der Waals surface area contributed by atoms with Crippen LogP contribution >= 0.6 is 0 Å². The Hall–Kier alpha value is -0.570. The van der Waals surface area contributed by atoms with Gasteiger partial charge in [0, 0.05) is 13.0 Å². The van der Waals surface area contributed by atoms with Crippen LogP contribution in [-0.2, 0) is 4.79 Å². The molecule has 104 valence electrons. The minimum atomic E-state index is 0.0986. The van der Waals surface area contributed by atoms with Gasteiger partial charge < -0.3 is 11.1 Å². The van der Waals surface area contributed by atoms with Gasteiger partial charge in [-0.3, -0.25) is 4.79 Å². The van der Waals surface area contributed by atoms with E-state index in [-0.39, 0.29) is 11.3 Å². The highest BCUT2D eigenvalue weighted by Gasteiger charge is 2.45. The van der Waals surface area contributed by atoms with Crippen LogP contribution < -0.4 is 11.1 Å². The molecular formula is C15H28N2O. The molecule has 0 heterocycles. The molecule has 3 nitrogen and oxygen atoms in total. The maximum absolute atomic E-state index is 12.1. The molecule has 0 aromatic carbocycles. The fraction of sp³-hybridized carbons (Fsp3) is 0.933. The molecular weight excluding hydrogens is 224 g/mol. The molecule has 18 heavy (non-hydrogen) atoms. The molecule has 2 aliphatic rings. The molecule has 0 saturated heterocycles. The van der Waals surface area contributed by atoms with Gasteiger partial charge in [-0.1, -0.05) is 33.1 Å². The van der Waals surface area contributed by atoms with Crippen molar-refractivity contribution in [2.45, 2.75) is 58.8 Å². The molecule has 0 bridgehead atoms. The maximum Gasteiger partial charge on any atom is 0.220 e. The topological polar surface area (TPSA) is 55.1 Å². The molecule has 0 aliphatic heterocycles. The van der Waals surface area contributed by atoms with Crippen molar-refractivity contribution in [3.63, 3.8) is 0 Å². The van der Waals surface area contributed by atoms with Gasteiger partial charge in [0.2, 0.25) is 5.91 Å². The molecule has 0 radical (unpaired) electrons. The lowest BCUT2D eigenvalue weighted by Gasteiger charge is -2.35. The predicted octanol–water partition coefficient (Wildman–Crippen LogP) is 2.45. The average Bonchev–Trinajstić information content (AvgIpc) is 2.96. The number of hydrogen-bond donors (Lipinski definition) is 2. The first-order valence-electron chi connectivity index (χ1n) is 7.44. The highest BCUT2D eigenvalue weighted by Crippen LogP contribution is 2.51. The molecule has 0 aromatic rings. The van der Waals surface area contributed by atoms with E-state index >= 15 is 0 Å². The largest absolute Gasteiger partial charge is 0.356 e. The molecule has 0 spiro atoms. The third-order valence-electron chi connectivity index (χ3n) is 5.15. The summed E-state index contributed by atoms with van der Waals surface area (Å²) in [5.74, 6) is 0.895. The minimum Gasteiger partial charge on any atom is -0.356 e. The zero-order valence-corrected chi connectivity index (χ0v) is 11.9. The number of carbonyl (C=O) groups excluding carboxylic acids is 1. The Balaban J connectivity index is 1.75. The summed E-state index contributed by atoms with van der Waals surface area (Å²) in [5.41, 5.74) is 6.46. The lowest BCUT2D eigenvalue weighted by Crippen LogP contribution is -2.39. The number of nitrogens with two attached hydrogens (primary N) is 1. The Bertz CT molecular complexity index is 306. The number of amides is 1. The predicted molar refractivity (Wildman–Crippen MR) is 74.1 cm³/mol. The second kappa shape index (κ2) is 5.20. The van der Waals surface area contributed by atoms with E-state index in [4.69, 9.17) is 5.73 Å². The molecule has 1 atom stereocenters. The maximum atomic E-state index is 12.1. The zero-order valence-electron chi connectivity index (χ0n) is 11.9. The van der Waals surface area contributed by atoms with Crippen LogP contribution in [0.25, 0.3) is 0 Å². The number of rotatable bonds is 5. The Labute approximate surface area is 111 Å². The van der Waals surface area contributed by atoms with Crippen molar-refractivity contribution < 1.29 is 4.79 Å². The number of hydrogen-bond acceptors (Lipinski definition) is 2. The molecule has 2 rings (SSSR count). The second-order valence-electron chi connectivity index (χ2n) is 7.14. The van der Waals surface area contributed by atoms with E-state index in [9.17, 15) is 4.79 Å². The van der Waals surface area contributed by atoms with Gasteiger partial charge >= 0.3 is 0 Å². The zero-order chi connectivity index (χ0) is 13.2. The first-order chi connectivity index (χ1) is 8.47. The van der Waals surface area contributed by atoms with Crippen molar-refractivity contribution in [3.8, 4) is 0 Å². The van der Waals surface area contributed by atoms with Crippen molar-refractivity contribution >= 4 is 5.91 Å². The molecule has 1 amide bonds. The van der Waals surface area contributed by atoms with E-state index in [2.05, 4.69) is 19.2 Å². The smallest absolute Gasteiger partial charge is 0.220 e. The van der Waals surface area contributed by atoms with Crippen LogP contribution in [0.3, 0.4) is 0 Å². The van der Waals surface area contributed by atoms with Gasteiger partial charge in [-0.2, -0.15) is 0 Å². The van der Waals surface area contributed by atoms with Gasteiger partial charge in [-0.15, -0.1) is 0 Å². The summed E-state index contributed by atoms with van der Waals surface area (Å²) in [4.78, 5) is 12.1. The lowest BCUT2D eigenvalue weighted by atomic mass is 9.71. The molecule has 3 N–H and O–H groups in total. The van der Waals surface area contributed by atoms with Crippen LogP contribution in [0, 0.1) is 16.7 Å². The number of carbonyl (C=O) groups is 1. The van der Waals surface area contributed by atoms with Crippen molar-refractivity contribution in [2.24, 2.45) is 22.5 Å². The van der Waals surface area contributed by atoms with E-state index in [1.54, 1.807) is 0 Å². The summed E-state index contributed by atoms with van der Waals surface area (Å²) in [5, 5.41) is 3.11. The van der Waals surface area contributed by atoms with Gasteiger partial charge in [-0.05, 0) is 42.6 Å². The standard InChI is InChI=1S/C15H28N2O/c1-14(2)8-12(14)10-17-13(18)9-15(11-16)6-4-3-5-7-15/h12H,3-11,16H2,1-2H3,(H,17,18). The Morgan fingerprint density at radius 1 is 1.28 bits per heavy atom. The third-order valence-corrected chi connectivity index (χ3v) is 5.15. The lowest BCUT2D eigenvalue weighted by molar-refractivity contribution is -0.123. The Morgan fingerprint density at radius 3 is 2.39 bits per heavy atom. The quantitative estimate of drug-likeness (QED) is 0.789. The first kappa shape index (κ1) is 13.9. The summed E-state index contributed by atoms with van der Waals surface area (Å²) in [7, 11) is 0.